The van der Waals surface area contributed by atoms with E-state index in [1.54, 1.807) is 6.92 Å². The fraction of sp³-hybridized carbons (Fsp3) is 0.214. The summed E-state index contributed by atoms with van der Waals surface area (Å²) in [5, 5.41) is -0.209. The Morgan fingerprint density at radius 2 is 1.74 bits per heavy atom. The molecule has 0 aliphatic carbocycles. The molecule has 9 heteroatoms. The van der Waals surface area contributed by atoms with Crippen LogP contribution in [0.25, 0.3) is 0 Å². The zero-order chi connectivity index (χ0) is 17.0. The van der Waals surface area contributed by atoms with Gasteiger partial charge in [0.05, 0.1) is 5.25 Å². The molecule has 1 atom stereocenters. The number of thioether (sulfide) groups is 1. The highest BCUT2D eigenvalue weighted by Gasteiger charge is 2.18. The number of halogens is 2. The third kappa shape index (κ3) is 4.78. The number of anilines is 2. The zero-order valence-electron chi connectivity index (χ0n) is 12.1. The molecule has 0 amide bonds. The van der Waals surface area contributed by atoms with Gasteiger partial charge >= 0.3 is 6.61 Å². The van der Waals surface area contributed by atoms with Crippen molar-refractivity contribution < 1.29 is 18.3 Å². The third-order valence-corrected chi connectivity index (χ3v) is 3.72. The van der Waals surface area contributed by atoms with Crippen LogP contribution in [0.15, 0.2) is 35.5 Å². The van der Waals surface area contributed by atoms with Crippen molar-refractivity contribution in [2.24, 2.45) is 0 Å². The minimum Gasteiger partial charge on any atom is -0.435 e. The van der Waals surface area contributed by atoms with Gasteiger partial charge in [0.1, 0.15) is 17.4 Å². The molecule has 0 fully saturated rings. The molecule has 1 heterocycles. The van der Waals surface area contributed by atoms with E-state index in [9.17, 15) is 13.6 Å². The second-order valence-electron chi connectivity index (χ2n) is 4.53. The van der Waals surface area contributed by atoms with Crippen molar-refractivity contribution in [1.29, 1.82) is 0 Å². The van der Waals surface area contributed by atoms with Gasteiger partial charge < -0.3 is 16.2 Å². The van der Waals surface area contributed by atoms with E-state index < -0.39 is 11.9 Å². The van der Waals surface area contributed by atoms with E-state index in [1.807, 2.05) is 0 Å². The highest BCUT2D eigenvalue weighted by Crippen LogP contribution is 2.25. The van der Waals surface area contributed by atoms with Gasteiger partial charge in [0.15, 0.2) is 10.9 Å². The van der Waals surface area contributed by atoms with E-state index in [4.69, 9.17) is 11.5 Å². The summed E-state index contributed by atoms with van der Waals surface area (Å²) in [5.74, 6) is 0.216. The second-order valence-corrected chi connectivity index (χ2v) is 5.84. The van der Waals surface area contributed by atoms with E-state index in [-0.39, 0.29) is 23.2 Å². The Hall–Kier alpha value is -2.42. The smallest absolute Gasteiger partial charge is 0.387 e. The number of nitrogen functional groups attached to an aromatic ring is 2. The number of ether oxygens (including phenoxy) is 1. The molecule has 0 unspecified atom stereocenters. The van der Waals surface area contributed by atoms with Crippen molar-refractivity contribution >= 4 is 29.2 Å². The van der Waals surface area contributed by atoms with E-state index in [1.165, 1.54) is 30.3 Å². The van der Waals surface area contributed by atoms with Crippen LogP contribution in [0.3, 0.4) is 0 Å². The molecule has 2 aromatic rings. The van der Waals surface area contributed by atoms with Crippen LogP contribution in [0.2, 0.25) is 0 Å². The molecule has 0 bridgehead atoms. The van der Waals surface area contributed by atoms with Crippen LogP contribution < -0.4 is 16.2 Å². The van der Waals surface area contributed by atoms with Gasteiger partial charge in [0, 0.05) is 11.6 Å². The molecule has 0 saturated heterocycles. The molecule has 0 aliphatic heterocycles. The lowest BCUT2D eigenvalue weighted by Crippen LogP contribution is -2.14. The Morgan fingerprint density at radius 1 is 1.17 bits per heavy atom. The zero-order valence-corrected chi connectivity index (χ0v) is 12.9. The number of carbonyl (C=O) groups is 1. The Morgan fingerprint density at radius 3 is 2.26 bits per heavy atom. The first-order chi connectivity index (χ1) is 10.8. The van der Waals surface area contributed by atoms with Gasteiger partial charge in [0.2, 0.25) is 0 Å². The van der Waals surface area contributed by atoms with E-state index >= 15 is 0 Å². The number of Topliss-reactive ketones (excluding diaryl/α,β-unsaturated/α-hetero) is 1. The topological polar surface area (TPSA) is 104 Å². The summed E-state index contributed by atoms with van der Waals surface area (Å²) >= 11 is 1.11. The van der Waals surface area contributed by atoms with Crippen molar-refractivity contribution in [2.45, 2.75) is 23.9 Å². The van der Waals surface area contributed by atoms with Crippen molar-refractivity contribution in [2.75, 3.05) is 11.5 Å². The fourth-order valence-electron chi connectivity index (χ4n) is 1.76. The molecule has 0 spiro atoms. The number of hydrogen-bond donors (Lipinski definition) is 2. The first kappa shape index (κ1) is 16.9. The van der Waals surface area contributed by atoms with Crippen molar-refractivity contribution in [3.63, 3.8) is 0 Å². The summed E-state index contributed by atoms with van der Waals surface area (Å²) in [7, 11) is 0. The fourth-order valence-corrected chi connectivity index (χ4v) is 2.64. The number of nitrogens with two attached hydrogens (primary N) is 2. The molecular formula is C14H14F2N4O2S. The van der Waals surface area contributed by atoms with Crippen molar-refractivity contribution in [3.05, 3.63) is 35.9 Å². The number of benzene rings is 1. The molecule has 6 nitrogen and oxygen atoms in total. The lowest BCUT2D eigenvalue weighted by atomic mass is 10.1. The van der Waals surface area contributed by atoms with Crippen LogP contribution in [-0.2, 0) is 0 Å². The van der Waals surface area contributed by atoms with Crippen LogP contribution in [0.1, 0.15) is 17.3 Å². The average Bonchev–Trinajstić information content (AvgIpc) is 2.45. The maximum Gasteiger partial charge on any atom is 0.387 e. The first-order valence-corrected chi connectivity index (χ1v) is 7.39. The summed E-state index contributed by atoms with van der Waals surface area (Å²) < 4.78 is 28.4. The van der Waals surface area contributed by atoms with E-state index in [2.05, 4.69) is 14.7 Å². The minimum atomic E-state index is -2.91. The average molecular weight is 340 g/mol. The van der Waals surface area contributed by atoms with Crippen LogP contribution in [-0.4, -0.2) is 27.6 Å². The predicted octanol–water partition coefficient (Wildman–Crippen LogP) is 2.61. The molecule has 23 heavy (non-hydrogen) atoms. The molecule has 0 saturated carbocycles. The molecule has 4 N–H and O–H groups in total. The maximum absolute atomic E-state index is 12.3. The number of rotatable bonds is 6. The van der Waals surface area contributed by atoms with Gasteiger partial charge in [-0.05, 0) is 31.2 Å². The molecule has 122 valence electrons. The number of ketones is 1. The van der Waals surface area contributed by atoms with Crippen molar-refractivity contribution in [3.8, 4) is 5.75 Å². The van der Waals surface area contributed by atoms with Crippen molar-refractivity contribution in [1.82, 2.24) is 9.97 Å². The SMILES string of the molecule is C[C@@H](Sc1nc(N)cc(N)n1)C(=O)c1ccc(OC(F)F)cc1. The van der Waals surface area contributed by atoms with Gasteiger partial charge in [-0.2, -0.15) is 8.78 Å². The van der Waals surface area contributed by atoms with Crippen LogP contribution in [0.5, 0.6) is 5.75 Å². The highest BCUT2D eigenvalue weighted by molar-refractivity contribution is 8.00. The summed E-state index contributed by atoms with van der Waals surface area (Å²) in [5.41, 5.74) is 11.5. The normalized spacial score (nSPS) is 12.2. The van der Waals surface area contributed by atoms with E-state index in [0.717, 1.165) is 11.8 Å². The Kier molecular flexibility index (Phi) is 5.32. The number of carbonyl (C=O) groups excluding carboxylic acids is 1. The number of nitrogens with zero attached hydrogens (tertiary/aromatic N) is 2. The largest absolute Gasteiger partial charge is 0.435 e. The number of hydrogen-bond acceptors (Lipinski definition) is 7. The molecule has 1 aromatic carbocycles. The number of alkyl halides is 2. The summed E-state index contributed by atoms with van der Waals surface area (Å²) in [4.78, 5) is 20.3. The monoisotopic (exact) mass is 340 g/mol. The summed E-state index contributed by atoms with van der Waals surface area (Å²) in [6.45, 7) is -1.23. The van der Waals surface area contributed by atoms with Gasteiger partial charge in [-0.15, -0.1) is 0 Å². The van der Waals surface area contributed by atoms with Crippen LogP contribution in [0.4, 0.5) is 20.4 Å². The lowest BCUT2D eigenvalue weighted by Gasteiger charge is -2.10. The van der Waals surface area contributed by atoms with Gasteiger partial charge in [0.25, 0.3) is 0 Å². The van der Waals surface area contributed by atoms with Gasteiger partial charge in [-0.1, -0.05) is 11.8 Å². The van der Waals surface area contributed by atoms with Crippen LogP contribution in [0, 0.1) is 0 Å². The Labute approximate surface area is 135 Å². The standard InChI is InChI=1S/C14H14F2N4O2S/c1-7(23-14-19-10(17)6-11(18)20-14)12(21)8-2-4-9(5-3-8)22-13(15)16/h2-7,13H,1H3,(H4,17,18,19,20)/t7-/m1/s1. The van der Waals surface area contributed by atoms with Crippen LogP contribution >= 0.6 is 11.8 Å². The quantitative estimate of drug-likeness (QED) is 0.473. The lowest BCUT2D eigenvalue weighted by molar-refractivity contribution is -0.0498. The molecular weight excluding hydrogens is 326 g/mol. The highest BCUT2D eigenvalue weighted by atomic mass is 32.2. The molecule has 2 rings (SSSR count). The number of aromatic nitrogens is 2. The predicted molar refractivity (Wildman–Crippen MR) is 83.6 cm³/mol. The van der Waals surface area contributed by atoms with E-state index in [0.29, 0.717) is 10.7 Å². The molecule has 0 radical (unpaired) electrons. The summed E-state index contributed by atoms with van der Waals surface area (Å²) in [6, 6.07) is 6.88. The molecule has 1 aromatic heterocycles. The Balaban J connectivity index is 2.07. The minimum absolute atomic E-state index is 0.0104. The Bertz CT molecular complexity index is 677. The first-order valence-electron chi connectivity index (χ1n) is 6.51. The van der Waals surface area contributed by atoms with Gasteiger partial charge in [-0.3, -0.25) is 4.79 Å². The third-order valence-electron chi connectivity index (χ3n) is 2.76. The maximum atomic E-state index is 12.3. The van der Waals surface area contributed by atoms with Gasteiger partial charge in [-0.25, -0.2) is 9.97 Å². The second kappa shape index (κ2) is 7.23. The molecule has 0 aliphatic rings. The summed E-state index contributed by atoms with van der Waals surface area (Å²) in [6.07, 6.45) is 0.